The van der Waals surface area contributed by atoms with E-state index < -0.39 is 30.8 Å². The molecule has 0 radical (unpaired) electrons. The van der Waals surface area contributed by atoms with E-state index in [1.54, 1.807) is 6.92 Å². The predicted molar refractivity (Wildman–Crippen MR) is 114 cm³/mol. The first-order valence-electron chi connectivity index (χ1n) is 11.0. The molecule has 4 rings (SSSR count). The smallest absolute Gasteiger partial charge is 0.352 e. The highest BCUT2D eigenvalue weighted by atomic mass is 19.4. The quantitative estimate of drug-likeness (QED) is 0.579. The van der Waals surface area contributed by atoms with Gasteiger partial charge in [0.15, 0.2) is 6.29 Å². The third-order valence-corrected chi connectivity index (χ3v) is 6.72. The van der Waals surface area contributed by atoms with Gasteiger partial charge in [0.25, 0.3) is 0 Å². The normalized spacial score (nSPS) is 26.7. The summed E-state index contributed by atoms with van der Waals surface area (Å²) in [5.74, 6) is 0.628. The average Bonchev–Trinajstić information content (AvgIpc) is 3.23. The second-order valence-electron chi connectivity index (χ2n) is 9.04. The molecule has 0 aromatic heterocycles. The summed E-state index contributed by atoms with van der Waals surface area (Å²) in [4.78, 5) is 0. The summed E-state index contributed by atoms with van der Waals surface area (Å²) >= 11 is 0. The third-order valence-electron chi connectivity index (χ3n) is 6.72. The lowest BCUT2D eigenvalue weighted by Crippen LogP contribution is -2.42. The second-order valence-corrected chi connectivity index (χ2v) is 9.04. The standard InChI is InChI=1S/C25H29F4NO2/c1-14-4-5-15(2)21(6-14)23-22-12-30-11-19(22)13-31-24(23)32-16(3)18-7-17(10-26)8-20(9-18)25(27,28)29/h4-9,16,19,22-24,30H,10-13H2,1-3H3/t16-,19+,22-,23+,24-/m1/s1. The number of rotatable bonds is 5. The summed E-state index contributed by atoms with van der Waals surface area (Å²) in [6, 6.07) is 9.62. The molecule has 174 valence electrons. The van der Waals surface area contributed by atoms with Gasteiger partial charge in [0.1, 0.15) is 6.67 Å². The Balaban J connectivity index is 1.65. The van der Waals surface area contributed by atoms with Crippen molar-refractivity contribution in [3.8, 4) is 0 Å². The van der Waals surface area contributed by atoms with Crippen LogP contribution in [-0.4, -0.2) is 26.0 Å². The van der Waals surface area contributed by atoms with Crippen LogP contribution in [0.3, 0.4) is 0 Å². The van der Waals surface area contributed by atoms with E-state index in [1.807, 2.05) is 6.92 Å². The zero-order valence-electron chi connectivity index (χ0n) is 18.5. The minimum Gasteiger partial charge on any atom is -0.352 e. The van der Waals surface area contributed by atoms with Crippen molar-refractivity contribution in [2.45, 2.75) is 51.9 Å². The molecule has 0 amide bonds. The Hall–Kier alpha value is -1.96. The molecule has 2 aromatic rings. The molecule has 7 heteroatoms. The van der Waals surface area contributed by atoms with Crippen LogP contribution in [0.5, 0.6) is 0 Å². The monoisotopic (exact) mass is 451 g/mol. The first kappa shape index (κ1) is 23.2. The number of hydrogen-bond donors (Lipinski definition) is 1. The SMILES string of the molecule is Cc1ccc(C)c([C@@H]2[C@@H](O[C@H](C)c3cc(CF)cc(C(F)(F)F)c3)OC[C@@H]3CNC[C@H]32)c1. The molecule has 2 aliphatic heterocycles. The molecule has 2 aromatic carbocycles. The van der Waals surface area contributed by atoms with Crippen LogP contribution in [0.1, 0.15) is 52.3 Å². The molecule has 2 aliphatic rings. The number of benzene rings is 2. The van der Waals surface area contributed by atoms with Gasteiger partial charge in [0, 0.05) is 12.5 Å². The van der Waals surface area contributed by atoms with Gasteiger partial charge in [-0.1, -0.05) is 29.8 Å². The van der Waals surface area contributed by atoms with Gasteiger partial charge >= 0.3 is 6.18 Å². The second kappa shape index (κ2) is 9.12. The number of fused-ring (bicyclic) bond motifs is 1. The van der Waals surface area contributed by atoms with Crippen molar-refractivity contribution in [2.24, 2.45) is 11.8 Å². The van der Waals surface area contributed by atoms with E-state index in [0.717, 1.165) is 41.9 Å². The molecule has 3 nitrogen and oxygen atoms in total. The molecular weight excluding hydrogens is 422 g/mol. The molecule has 1 N–H and O–H groups in total. The summed E-state index contributed by atoms with van der Waals surface area (Å²) in [5.41, 5.74) is 2.83. The number of ether oxygens (including phenoxy) is 2. The average molecular weight is 452 g/mol. The van der Waals surface area contributed by atoms with Crippen molar-refractivity contribution in [3.05, 3.63) is 69.8 Å². The molecule has 0 spiro atoms. The Morgan fingerprint density at radius 1 is 1.12 bits per heavy atom. The molecule has 2 saturated heterocycles. The lowest BCUT2D eigenvalue weighted by molar-refractivity contribution is -0.217. The Morgan fingerprint density at radius 2 is 1.91 bits per heavy atom. The number of halogens is 4. The van der Waals surface area contributed by atoms with E-state index in [-0.39, 0.29) is 11.5 Å². The largest absolute Gasteiger partial charge is 0.416 e. The fourth-order valence-corrected chi connectivity index (χ4v) is 4.97. The van der Waals surface area contributed by atoms with E-state index in [9.17, 15) is 17.6 Å². The lowest BCUT2D eigenvalue weighted by Gasteiger charge is -2.41. The zero-order chi connectivity index (χ0) is 23.0. The van der Waals surface area contributed by atoms with E-state index in [0.29, 0.717) is 24.0 Å². The van der Waals surface area contributed by atoms with Gasteiger partial charge in [-0.25, -0.2) is 4.39 Å². The van der Waals surface area contributed by atoms with E-state index in [2.05, 4.69) is 30.4 Å². The maximum absolute atomic E-state index is 13.3. The van der Waals surface area contributed by atoms with Gasteiger partial charge in [-0.05, 0) is 73.5 Å². The highest BCUT2D eigenvalue weighted by molar-refractivity contribution is 5.36. The molecule has 0 saturated carbocycles. The van der Waals surface area contributed by atoms with Crippen molar-refractivity contribution in [2.75, 3.05) is 19.7 Å². The summed E-state index contributed by atoms with van der Waals surface area (Å²) in [5, 5.41) is 3.44. The number of aryl methyl sites for hydroxylation is 2. The van der Waals surface area contributed by atoms with Gasteiger partial charge in [-0.15, -0.1) is 0 Å². The molecule has 0 aliphatic carbocycles. The maximum atomic E-state index is 13.3. The number of nitrogens with one attached hydrogen (secondary N) is 1. The van der Waals surface area contributed by atoms with Gasteiger partial charge in [0.05, 0.1) is 18.3 Å². The fourth-order valence-electron chi connectivity index (χ4n) is 4.97. The molecule has 0 unspecified atom stereocenters. The first-order chi connectivity index (χ1) is 15.2. The van der Waals surface area contributed by atoms with Gasteiger partial charge in [-0.2, -0.15) is 13.2 Å². The van der Waals surface area contributed by atoms with Crippen molar-refractivity contribution in [1.29, 1.82) is 0 Å². The number of alkyl halides is 4. The molecule has 2 fully saturated rings. The zero-order valence-corrected chi connectivity index (χ0v) is 18.5. The van der Waals surface area contributed by atoms with Crippen molar-refractivity contribution in [3.63, 3.8) is 0 Å². The Morgan fingerprint density at radius 3 is 2.62 bits per heavy atom. The highest BCUT2D eigenvalue weighted by Gasteiger charge is 2.45. The van der Waals surface area contributed by atoms with Crippen molar-refractivity contribution in [1.82, 2.24) is 5.32 Å². The van der Waals surface area contributed by atoms with Crippen LogP contribution >= 0.6 is 0 Å². The van der Waals surface area contributed by atoms with Crippen LogP contribution in [0.2, 0.25) is 0 Å². The summed E-state index contributed by atoms with van der Waals surface area (Å²) in [6.07, 6.45) is -5.84. The lowest BCUT2D eigenvalue weighted by atomic mass is 9.76. The predicted octanol–water partition coefficient (Wildman–Crippen LogP) is 5.85. The van der Waals surface area contributed by atoms with Crippen LogP contribution < -0.4 is 5.32 Å². The van der Waals surface area contributed by atoms with Crippen LogP contribution in [0.4, 0.5) is 17.6 Å². The van der Waals surface area contributed by atoms with Crippen molar-refractivity contribution < 1.29 is 27.0 Å². The van der Waals surface area contributed by atoms with E-state index in [1.165, 1.54) is 6.07 Å². The van der Waals surface area contributed by atoms with Crippen LogP contribution in [-0.2, 0) is 22.3 Å². The number of hydrogen-bond acceptors (Lipinski definition) is 3. The Kier molecular flexibility index (Phi) is 6.61. The topological polar surface area (TPSA) is 30.5 Å². The summed E-state index contributed by atoms with van der Waals surface area (Å²) in [7, 11) is 0. The van der Waals surface area contributed by atoms with Gasteiger partial charge in [-0.3, -0.25) is 0 Å². The molecule has 5 atom stereocenters. The highest BCUT2D eigenvalue weighted by Crippen LogP contribution is 2.44. The van der Waals surface area contributed by atoms with Crippen LogP contribution in [0.15, 0.2) is 36.4 Å². The van der Waals surface area contributed by atoms with Gasteiger partial charge < -0.3 is 14.8 Å². The maximum Gasteiger partial charge on any atom is 0.416 e. The minimum absolute atomic E-state index is 0.0130. The van der Waals surface area contributed by atoms with Crippen LogP contribution in [0, 0.1) is 25.7 Å². The third kappa shape index (κ3) is 4.70. The Labute approximate surface area is 186 Å². The van der Waals surface area contributed by atoms with E-state index >= 15 is 0 Å². The summed E-state index contributed by atoms with van der Waals surface area (Å²) < 4.78 is 65.7. The molecular formula is C25H29F4NO2. The molecule has 32 heavy (non-hydrogen) atoms. The fraction of sp³-hybridized carbons (Fsp3) is 0.520. The van der Waals surface area contributed by atoms with Crippen LogP contribution in [0.25, 0.3) is 0 Å². The van der Waals surface area contributed by atoms with E-state index in [4.69, 9.17) is 9.47 Å². The minimum atomic E-state index is -4.55. The molecule has 2 heterocycles. The van der Waals surface area contributed by atoms with Gasteiger partial charge in [0.2, 0.25) is 0 Å². The van der Waals surface area contributed by atoms with Crippen molar-refractivity contribution >= 4 is 0 Å². The molecule has 0 bridgehead atoms. The first-order valence-corrected chi connectivity index (χ1v) is 11.0. The Bertz CT molecular complexity index is 961. The summed E-state index contributed by atoms with van der Waals surface area (Å²) in [6.45, 7) is 7.08.